The molecule has 0 aliphatic heterocycles. The Hall–Kier alpha value is -0.970. The van der Waals surface area contributed by atoms with Crippen LogP contribution in [-0.4, -0.2) is 33.3 Å². The van der Waals surface area contributed by atoms with Crippen molar-refractivity contribution < 1.29 is 0 Å². The van der Waals surface area contributed by atoms with Crippen LogP contribution in [-0.2, 0) is 13.5 Å². The zero-order valence-electron chi connectivity index (χ0n) is 12.4. The predicted octanol–water partition coefficient (Wildman–Crippen LogP) is 1.80. The number of aryl methyl sites for hydroxylation is 1. The van der Waals surface area contributed by atoms with Crippen molar-refractivity contribution in [2.24, 2.45) is 18.4 Å². The van der Waals surface area contributed by atoms with Crippen molar-refractivity contribution in [1.29, 1.82) is 0 Å². The highest BCUT2D eigenvalue weighted by atomic mass is 15.6. The molecule has 0 aliphatic carbocycles. The molecular formula is C13H27N5. The Morgan fingerprint density at radius 3 is 2.39 bits per heavy atom. The highest BCUT2D eigenvalue weighted by Crippen LogP contribution is 2.29. The summed E-state index contributed by atoms with van der Waals surface area (Å²) in [6, 6.07) is 0. The maximum Gasteiger partial charge on any atom is 0.175 e. The molecule has 0 saturated heterocycles. The Labute approximate surface area is 110 Å². The van der Waals surface area contributed by atoms with Gasteiger partial charge in [-0.3, -0.25) is 0 Å². The first kappa shape index (κ1) is 15.1. The summed E-state index contributed by atoms with van der Waals surface area (Å²) in [5, 5.41) is 15.9. The maximum absolute atomic E-state index is 4.30. The lowest BCUT2D eigenvalue weighted by molar-refractivity contribution is 0.238. The van der Waals surface area contributed by atoms with Gasteiger partial charge >= 0.3 is 0 Å². The van der Waals surface area contributed by atoms with Crippen molar-refractivity contribution in [2.45, 2.75) is 47.0 Å². The van der Waals surface area contributed by atoms with Crippen molar-refractivity contribution >= 4 is 0 Å². The van der Waals surface area contributed by atoms with Crippen LogP contribution in [0.15, 0.2) is 0 Å². The van der Waals surface area contributed by atoms with E-state index in [1.165, 1.54) is 4.80 Å². The van der Waals surface area contributed by atoms with Gasteiger partial charge in [0.15, 0.2) is 5.82 Å². The molecule has 1 heterocycles. The molecule has 0 radical (unpaired) electrons. The van der Waals surface area contributed by atoms with E-state index in [1.807, 2.05) is 7.05 Å². The third-order valence-electron chi connectivity index (χ3n) is 3.64. The summed E-state index contributed by atoms with van der Waals surface area (Å²) in [6.45, 7) is 11.0. The molecule has 0 saturated carbocycles. The Bertz CT molecular complexity index is 341. The van der Waals surface area contributed by atoms with Crippen LogP contribution in [0.5, 0.6) is 0 Å². The van der Waals surface area contributed by atoms with E-state index in [0.717, 1.165) is 38.2 Å². The monoisotopic (exact) mass is 253 g/mol. The zero-order chi connectivity index (χ0) is 13.6. The molecule has 5 nitrogen and oxygen atoms in total. The van der Waals surface area contributed by atoms with Gasteiger partial charge in [0.1, 0.15) is 0 Å². The SMILES string of the molecule is CCC(CC)(CNCC(C)C)Cc1nnn(C)n1. The summed E-state index contributed by atoms with van der Waals surface area (Å²) in [7, 11) is 1.81. The highest BCUT2D eigenvalue weighted by Gasteiger charge is 2.28. The Morgan fingerprint density at radius 2 is 1.94 bits per heavy atom. The molecule has 0 aliphatic rings. The first-order valence-corrected chi connectivity index (χ1v) is 6.95. The minimum atomic E-state index is 0.248. The standard InChI is InChI=1S/C13H27N5/c1-6-13(7-2,10-14-9-11(3)4)8-12-15-17-18(5)16-12/h11,14H,6-10H2,1-5H3. The fourth-order valence-corrected chi connectivity index (χ4v) is 2.17. The molecule has 18 heavy (non-hydrogen) atoms. The van der Waals surface area contributed by atoms with E-state index < -0.39 is 0 Å². The Balaban J connectivity index is 2.61. The molecule has 0 spiro atoms. The molecule has 1 N–H and O–H groups in total. The number of tetrazole rings is 1. The van der Waals surface area contributed by atoms with E-state index in [1.54, 1.807) is 0 Å². The molecule has 1 rings (SSSR count). The molecule has 0 unspecified atom stereocenters. The second-order valence-corrected chi connectivity index (χ2v) is 5.60. The molecule has 0 fully saturated rings. The summed E-state index contributed by atoms with van der Waals surface area (Å²) in [5.74, 6) is 1.54. The van der Waals surface area contributed by atoms with Crippen LogP contribution < -0.4 is 5.32 Å². The first-order chi connectivity index (χ1) is 8.51. The van der Waals surface area contributed by atoms with Crippen LogP contribution in [0.4, 0.5) is 0 Å². The molecule has 5 heteroatoms. The fourth-order valence-electron chi connectivity index (χ4n) is 2.17. The third kappa shape index (κ3) is 4.37. The summed E-state index contributed by atoms with van der Waals surface area (Å²) in [6.07, 6.45) is 3.17. The Kier molecular flexibility index (Phi) is 5.72. The van der Waals surface area contributed by atoms with Crippen molar-refractivity contribution in [2.75, 3.05) is 13.1 Å². The number of hydrogen-bond acceptors (Lipinski definition) is 4. The van der Waals surface area contributed by atoms with Crippen LogP contribution >= 0.6 is 0 Å². The molecule has 0 amide bonds. The topological polar surface area (TPSA) is 55.6 Å². The van der Waals surface area contributed by atoms with E-state index in [9.17, 15) is 0 Å². The second kappa shape index (κ2) is 6.83. The zero-order valence-corrected chi connectivity index (χ0v) is 12.4. The average molecular weight is 253 g/mol. The number of nitrogens with zero attached hydrogens (tertiary/aromatic N) is 4. The third-order valence-corrected chi connectivity index (χ3v) is 3.64. The predicted molar refractivity (Wildman–Crippen MR) is 73.2 cm³/mol. The van der Waals surface area contributed by atoms with Gasteiger partial charge in [0.25, 0.3) is 0 Å². The average Bonchev–Trinajstić information content (AvgIpc) is 2.73. The van der Waals surface area contributed by atoms with E-state index in [-0.39, 0.29) is 5.41 Å². The quantitative estimate of drug-likeness (QED) is 0.767. The van der Waals surface area contributed by atoms with Crippen molar-refractivity contribution in [1.82, 2.24) is 25.5 Å². The lowest BCUT2D eigenvalue weighted by atomic mass is 9.79. The maximum atomic E-state index is 4.30. The molecule has 1 aromatic heterocycles. The molecule has 104 valence electrons. The summed E-state index contributed by atoms with van der Waals surface area (Å²) in [5.41, 5.74) is 0.248. The number of hydrogen-bond donors (Lipinski definition) is 1. The lowest BCUT2D eigenvalue weighted by Gasteiger charge is -2.31. The minimum Gasteiger partial charge on any atom is -0.316 e. The van der Waals surface area contributed by atoms with Crippen molar-refractivity contribution in [3.8, 4) is 0 Å². The largest absolute Gasteiger partial charge is 0.316 e. The van der Waals surface area contributed by atoms with Gasteiger partial charge in [-0.1, -0.05) is 27.7 Å². The van der Waals surface area contributed by atoms with E-state index in [4.69, 9.17) is 0 Å². The van der Waals surface area contributed by atoms with Gasteiger partial charge in [-0.25, -0.2) is 0 Å². The van der Waals surface area contributed by atoms with Crippen LogP contribution in [0.1, 0.15) is 46.4 Å². The van der Waals surface area contributed by atoms with Gasteiger partial charge in [-0.2, -0.15) is 4.80 Å². The van der Waals surface area contributed by atoms with Crippen LogP contribution in [0.2, 0.25) is 0 Å². The molecule has 1 aromatic rings. The number of aromatic nitrogens is 4. The van der Waals surface area contributed by atoms with Crippen LogP contribution in [0, 0.1) is 11.3 Å². The molecular weight excluding hydrogens is 226 g/mol. The van der Waals surface area contributed by atoms with E-state index >= 15 is 0 Å². The summed E-state index contributed by atoms with van der Waals surface area (Å²) < 4.78 is 0. The fraction of sp³-hybridized carbons (Fsp3) is 0.923. The van der Waals surface area contributed by atoms with E-state index in [2.05, 4.69) is 48.4 Å². The minimum absolute atomic E-state index is 0.248. The summed E-state index contributed by atoms with van der Waals surface area (Å²) >= 11 is 0. The van der Waals surface area contributed by atoms with Gasteiger partial charge in [0.05, 0.1) is 7.05 Å². The van der Waals surface area contributed by atoms with Crippen LogP contribution in [0.25, 0.3) is 0 Å². The lowest BCUT2D eigenvalue weighted by Crippen LogP contribution is -2.37. The summed E-state index contributed by atoms with van der Waals surface area (Å²) in [4.78, 5) is 1.53. The van der Waals surface area contributed by atoms with Crippen LogP contribution in [0.3, 0.4) is 0 Å². The Morgan fingerprint density at radius 1 is 1.28 bits per heavy atom. The van der Waals surface area contributed by atoms with Gasteiger partial charge in [-0.05, 0) is 35.9 Å². The second-order valence-electron chi connectivity index (χ2n) is 5.60. The molecule has 0 bridgehead atoms. The number of nitrogens with one attached hydrogen (secondary N) is 1. The first-order valence-electron chi connectivity index (χ1n) is 6.95. The van der Waals surface area contributed by atoms with Crippen molar-refractivity contribution in [3.05, 3.63) is 5.82 Å². The van der Waals surface area contributed by atoms with Gasteiger partial charge < -0.3 is 5.32 Å². The van der Waals surface area contributed by atoms with E-state index in [0.29, 0.717) is 5.92 Å². The van der Waals surface area contributed by atoms with Gasteiger partial charge in [0, 0.05) is 13.0 Å². The van der Waals surface area contributed by atoms with Crippen molar-refractivity contribution in [3.63, 3.8) is 0 Å². The highest BCUT2D eigenvalue weighted by molar-refractivity contribution is 4.91. The van der Waals surface area contributed by atoms with Gasteiger partial charge in [-0.15, -0.1) is 10.2 Å². The van der Waals surface area contributed by atoms with Gasteiger partial charge in [0.2, 0.25) is 0 Å². The normalized spacial score (nSPS) is 12.3. The smallest absolute Gasteiger partial charge is 0.175 e. The molecule has 0 aromatic carbocycles. The number of rotatable bonds is 8. The molecule has 0 atom stereocenters.